The number of methoxy groups -OCH3 is 1. The van der Waals surface area contributed by atoms with Gasteiger partial charge in [-0.3, -0.25) is 14.4 Å². The normalized spacial score (nSPS) is 34.6. The highest BCUT2D eigenvalue weighted by Gasteiger charge is 2.78. The van der Waals surface area contributed by atoms with Gasteiger partial charge in [0, 0.05) is 45.1 Å². The lowest BCUT2D eigenvalue weighted by Gasteiger charge is -2.68. The molecule has 0 unspecified atom stereocenters. The van der Waals surface area contributed by atoms with Crippen LogP contribution in [0.3, 0.4) is 0 Å². The fourth-order valence-corrected chi connectivity index (χ4v) is 10.2. The van der Waals surface area contributed by atoms with Crippen LogP contribution in [0.25, 0.3) is 0 Å². The number of aliphatic hydroxyl groups excluding tert-OH is 1. The largest absolute Gasteiger partial charge is 0.456 e. The number of benzene rings is 2. The monoisotopic (exact) mass is 761 g/mol. The van der Waals surface area contributed by atoms with Gasteiger partial charge in [0.15, 0.2) is 11.7 Å². The van der Waals surface area contributed by atoms with Crippen molar-refractivity contribution >= 4 is 29.6 Å². The molecule has 2 bridgehead atoms. The van der Waals surface area contributed by atoms with Gasteiger partial charge in [0.25, 0.3) is 0 Å². The van der Waals surface area contributed by atoms with Gasteiger partial charge in [-0.05, 0) is 42.7 Å². The van der Waals surface area contributed by atoms with E-state index in [0.717, 1.165) is 0 Å². The third kappa shape index (κ3) is 6.38. The summed E-state index contributed by atoms with van der Waals surface area (Å²) < 4.78 is 30.7. The Hall–Kier alpha value is -4.43. The summed E-state index contributed by atoms with van der Waals surface area (Å²) in [5, 5.41) is 27.6. The summed E-state index contributed by atoms with van der Waals surface area (Å²) in [7, 11) is 1.47. The van der Waals surface area contributed by atoms with Gasteiger partial charge >= 0.3 is 17.9 Å². The number of ether oxygens (including phenoxy) is 5. The summed E-state index contributed by atoms with van der Waals surface area (Å²) in [6.45, 7) is 11.0. The lowest BCUT2D eigenvalue weighted by atomic mass is 9.43. The van der Waals surface area contributed by atoms with Crippen LogP contribution in [0, 0.1) is 22.7 Å². The highest BCUT2D eigenvalue weighted by molar-refractivity contribution is 5.92. The standard InChI is InChI=1S/C42H51NO12/c1-22-28(53-38(49)33(46)32(43-24(3)44)26-15-11-9-12-16-26)20-42(50)36(54-37(48)27-17-13-10-14-18-27)34-40(7,35(47)23(2)31(22)39(42,5)6)29(51-8)19-30-41(34,21-52-30)55-25(4)45/h9-18,23,28-30,32-34,36,46,50H,19-21H2,1-8H3,(H,43,44)/t23-,28+,29+,30-,32+,33-,34+,36+,40-,41+,42-/m1/s1. The first-order valence-corrected chi connectivity index (χ1v) is 18.6. The Bertz CT molecular complexity index is 1880. The molecule has 1 heterocycles. The molecule has 55 heavy (non-hydrogen) atoms. The van der Waals surface area contributed by atoms with Gasteiger partial charge in [0.05, 0.1) is 35.6 Å². The number of esters is 3. The van der Waals surface area contributed by atoms with Gasteiger partial charge in [-0.15, -0.1) is 0 Å². The number of aliphatic hydroxyl groups is 2. The third-order valence-electron chi connectivity index (χ3n) is 12.8. The van der Waals surface area contributed by atoms with Crippen LogP contribution in [0.15, 0.2) is 71.8 Å². The van der Waals surface area contributed by atoms with Crippen molar-refractivity contribution in [2.45, 2.75) is 109 Å². The summed E-state index contributed by atoms with van der Waals surface area (Å²) in [6, 6.07) is 15.5. The number of nitrogens with one attached hydrogen (secondary N) is 1. The van der Waals surface area contributed by atoms with E-state index in [1.54, 1.807) is 95.3 Å². The molecule has 3 N–H and O–H groups in total. The van der Waals surface area contributed by atoms with Gasteiger partial charge in [-0.1, -0.05) is 69.3 Å². The number of carbonyl (C=O) groups is 5. The number of Topliss-reactive ketones (excluding diaryl/α,β-unsaturated/α-hetero) is 1. The predicted octanol–water partition coefficient (Wildman–Crippen LogP) is 3.80. The molecule has 13 nitrogen and oxygen atoms in total. The Balaban J connectivity index is 1.53. The SMILES string of the molecule is CO[C@H]1C[C@H]2OC[C@@]2(OC(C)=O)[C@H]2[C@H](OC(=O)c3ccccc3)[C@]3(O)C[C@H](OC(=O)[C@H](O)[C@@H](NC(C)=O)c4ccccc4)C(C)=C([C@@H](C)C(=O)[C@]12C)C3(C)C. The summed E-state index contributed by atoms with van der Waals surface area (Å²) >= 11 is 0. The van der Waals surface area contributed by atoms with E-state index in [-0.39, 0.29) is 30.8 Å². The van der Waals surface area contributed by atoms with Gasteiger partial charge in [-0.25, -0.2) is 9.59 Å². The topological polar surface area (TPSA) is 184 Å². The molecule has 1 amide bonds. The minimum Gasteiger partial charge on any atom is -0.456 e. The van der Waals surface area contributed by atoms with Crippen molar-refractivity contribution < 1.29 is 57.9 Å². The van der Waals surface area contributed by atoms with Crippen molar-refractivity contribution in [3.05, 3.63) is 82.9 Å². The smallest absolute Gasteiger partial charge is 0.338 e. The van der Waals surface area contributed by atoms with Crippen LogP contribution in [-0.4, -0.2) is 95.3 Å². The van der Waals surface area contributed by atoms with Crippen LogP contribution < -0.4 is 5.32 Å². The zero-order chi connectivity index (χ0) is 40.2. The van der Waals surface area contributed by atoms with Crippen LogP contribution in [0.2, 0.25) is 0 Å². The molecule has 0 radical (unpaired) electrons. The molecule has 3 aliphatic carbocycles. The highest BCUT2D eigenvalue weighted by atomic mass is 16.6. The summed E-state index contributed by atoms with van der Waals surface area (Å²) in [6.07, 6.45) is -6.41. The second kappa shape index (κ2) is 14.6. The van der Waals surface area contributed by atoms with Crippen LogP contribution in [-0.2, 0) is 42.9 Å². The summed E-state index contributed by atoms with van der Waals surface area (Å²) in [5.41, 5.74) is -4.89. The van der Waals surface area contributed by atoms with E-state index in [1.807, 2.05) is 0 Å². The van der Waals surface area contributed by atoms with E-state index in [4.69, 9.17) is 23.7 Å². The first-order valence-electron chi connectivity index (χ1n) is 18.6. The van der Waals surface area contributed by atoms with Gasteiger partial charge in [0.2, 0.25) is 5.91 Å². The van der Waals surface area contributed by atoms with Gasteiger partial charge < -0.3 is 39.2 Å². The van der Waals surface area contributed by atoms with E-state index in [1.165, 1.54) is 21.0 Å². The minimum atomic E-state index is -2.11. The van der Waals surface area contributed by atoms with Crippen molar-refractivity contribution in [2.75, 3.05) is 13.7 Å². The lowest BCUT2D eigenvalue weighted by Crippen LogP contribution is -2.81. The highest BCUT2D eigenvalue weighted by Crippen LogP contribution is 2.65. The summed E-state index contributed by atoms with van der Waals surface area (Å²) in [4.78, 5) is 68.6. The Morgan fingerprint density at radius 3 is 2.13 bits per heavy atom. The average Bonchev–Trinajstić information content (AvgIpc) is 3.13. The maximum Gasteiger partial charge on any atom is 0.338 e. The minimum absolute atomic E-state index is 0.137. The number of hydrogen-bond donors (Lipinski definition) is 3. The van der Waals surface area contributed by atoms with Crippen molar-refractivity contribution in [3.8, 4) is 0 Å². The molecule has 0 aromatic heterocycles. The fraction of sp³-hybridized carbons (Fsp3) is 0.548. The number of fused-ring (bicyclic) bond motifs is 5. The van der Waals surface area contributed by atoms with E-state index in [2.05, 4.69) is 5.32 Å². The van der Waals surface area contributed by atoms with Crippen molar-refractivity contribution in [2.24, 2.45) is 22.7 Å². The van der Waals surface area contributed by atoms with Crippen LogP contribution in [0.5, 0.6) is 0 Å². The van der Waals surface area contributed by atoms with E-state index < -0.39 is 94.2 Å². The van der Waals surface area contributed by atoms with Crippen LogP contribution in [0.1, 0.15) is 83.3 Å². The van der Waals surface area contributed by atoms with E-state index in [9.17, 15) is 29.4 Å². The zero-order valence-corrected chi connectivity index (χ0v) is 32.5. The maximum atomic E-state index is 15.3. The molecule has 2 aromatic carbocycles. The third-order valence-corrected chi connectivity index (χ3v) is 12.8. The molecule has 11 atom stereocenters. The molecule has 2 saturated carbocycles. The van der Waals surface area contributed by atoms with Gasteiger partial charge in [0.1, 0.15) is 29.7 Å². The van der Waals surface area contributed by atoms with E-state index >= 15 is 4.79 Å². The first kappa shape index (κ1) is 40.2. The van der Waals surface area contributed by atoms with Crippen LogP contribution in [0.4, 0.5) is 0 Å². The molecule has 2 aromatic rings. The number of rotatable bonds is 9. The second-order valence-corrected chi connectivity index (χ2v) is 16.2. The molecule has 4 aliphatic rings. The first-order chi connectivity index (χ1) is 25.8. The molecule has 13 heteroatoms. The summed E-state index contributed by atoms with van der Waals surface area (Å²) in [5.74, 6) is -5.46. The number of amides is 1. The number of ketones is 1. The van der Waals surface area contributed by atoms with E-state index in [0.29, 0.717) is 16.7 Å². The Morgan fingerprint density at radius 1 is 0.964 bits per heavy atom. The molecule has 6 rings (SSSR count). The molecule has 0 spiro atoms. The molecular formula is C42H51NO12. The molecule has 1 saturated heterocycles. The molecule has 3 fully saturated rings. The zero-order valence-electron chi connectivity index (χ0n) is 32.5. The number of carbonyl (C=O) groups excluding carboxylic acids is 5. The second-order valence-electron chi connectivity index (χ2n) is 16.2. The lowest BCUT2D eigenvalue weighted by molar-refractivity contribution is -0.346. The maximum absolute atomic E-state index is 15.3. The average molecular weight is 762 g/mol. The van der Waals surface area contributed by atoms with Crippen molar-refractivity contribution in [1.29, 1.82) is 0 Å². The van der Waals surface area contributed by atoms with Crippen LogP contribution >= 0.6 is 0 Å². The molecule has 1 aliphatic heterocycles. The Labute approximate surface area is 320 Å². The predicted molar refractivity (Wildman–Crippen MR) is 196 cm³/mol. The molecular weight excluding hydrogens is 710 g/mol. The quantitative estimate of drug-likeness (QED) is 0.191. The Kier molecular flexibility index (Phi) is 10.7. The van der Waals surface area contributed by atoms with Crippen molar-refractivity contribution in [1.82, 2.24) is 5.32 Å². The number of hydrogen-bond acceptors (Lipinski definition) is 12. The van der Waals surface area contributed by atoms with Crippen molar-refractivity contribution in [3.63, 3.8) is 0 Å². The molecule has 296 valence electrons. The van der Waals surface area contributed by atoms with Gasteiger partial charge in [-0.2, -0.15) is 0 Å². The Morgan fingerprint density at radius 2 is 1.58 bits per heavy atom. The fourth-order valence-electron chi connectivity index (χ4n) is 10.2.